The molecule has 38 heavy (non-hydrogen) atoms. The van der Waals surface area contributed by atoms with Crippen LogP contribution >= 0.6 is 0 Å². The number of hydrogen-bond acceptors (Lipinski definition) is 7. The lowest BCUT2D eigenvalue weighted by molar-refractivity contribution is -0.166. The Morgan fingerprint density at radius 1 is 1.05 bits per heavy atom. The summed E-state index contributed by atoms with van der Waals surface area (Å²) in [4.78, 5) is 40.4. The van der Waals surface area contributed by atoms with E-state index in [1.165, 1.54) is 19.1 Å². The largest absolute Gasteiger partial charge is 0.493 e. The van der Waals surface area contributed by atoms with Gasteiger partial charge in [0.15, 0.2) is 11.5 Å². The molecule has 9 heteroatoms. The lowest BCUT2D eigenvalue weighted by atomic mass is 9.92. The molecule has 1 amide bonds. The zero-order valence-electron chi connectivity index (χ0n) is 22.9. The van der Waals surface area contributed by atoms with Crippen molar-refractivity contribution >= 4 is 17.8 Å². The second-order valence-electron chi connectivity index (χ2n) is 10.5. The molecule has 206 valence electrons. The number of aryl methyl sites for hydroxylation is 1. The van der Waals surface area contributed by atoms with E-state index in [0.29, 0.717) is 24.3 Å². The maximum atomic E-state index is 13.7. The zero-order chi connectivity index (χ0) is 28.0. The van der Waals surface area contributed by atoms with Gasteiger partial charge in [-0.2, -0.15) is 0 Å². The van der Waals surface area contributed by atoms with Gasteiger partial charge in [-0.05, 0) is 69.4 Å². The Labute approximate surface area is 224 Å². The molecule has 0 spiro atoms. The highest BCUT2D eigenvalue weighted by Crippen LogP contribution is 2.35. The molecule has 3 atom stereocenters. The number of hydrogen-bond donors (Lipinski definition) is 2. The molecule has 0 saturated heterocycles. The topological polar surface area (TPSA) is 114 Å². The van der Waals surface area contributed by atoms with E-state index in [1.807, 2.05) is 36.4 Å². The second-order valence-corrected chi connectivity index (χ2v) is 10.5. The van der Waals surface area contributed by atoms with Crippen molar-refractivity contribution in [1.82, 2.24) is 10.2 Å². The molecule has 0 aromatic heterocycles. The third-order valence-corrected chi connectivity index (χ3v) is 6.48. The molecule has 0 saturated carbocycles. The second kappa shape index (κ2) is 12.3. The monoisotopic (exact) mass is 526 g/mol. The third-order valence-electron chi connectivity index (χ3n) is 6.48. The fraction of sp³-hybridized carbons (Fsp3) is 0.483. The van der Waals surface area contributed by atoms with Crippen molar-refractivity contribution in [2.45, 2.75) is 77.2 Å². The van der Waals surface area contributed by atoms with E-state index in [1.54, 1.807) is 33.8 Å². The predicted molar refractivity (Wildman–Crippen MR) is 142 cm³/mol. The number of carboxylic acid groups (broad SMARTS) is 1. The lowest BCUT2D eigenvalue weighted by Gasteiger charge is -2.38. The van der Waals surface area contributed by atoms with Crippen molar-refractivity contribution < 1.29 is 33.7 Å². The number of carbonyl (C=O) groups excluding carboxylic acids is 2. The van der Waals surface area contributed by atoms with E-state index in [-0.39, 0.29) is 18.9 Å². The number of esters is 1. The van der Waals surface area contributed by atoms with Gasteiger partial charge in [-0.3, -0.25) is 14.9 Å². The molecule has 0 fully saturated rings. The Balaban J connectivity index is 1.84. The number of nitrogens with zero attached hydrogens (tertiary/aromatic N) is 1. The first-order valence-electron chi connectivity index (χ1n) is 12.7. The summed E-state index contributed by atoms with van der Waals surface area (Å²) in [6.07, 6.45) is 1.09. The average Bonchev–Trinajstić information content (AvgIpc) is 2.88. The first kappa shape index (κ1) is 29.0. The molecular weight excluding hydrogens is 488 g/mol. The van der Waals surface area contributed by atoms with Crippen LogP contribution in [-0.4, -0.2) is 65.8 Å². The maximum Gasteiger partial charge on any atom is 0.329 e. The summed E-state index contributed by atoms with van der Waals surface area (Å²) in [6, 6.07) is 10.6. The van der Waals surface area contributed by atoms with E-state index in [4.69, 9.17) is 14.2 Å². The van der Waals surface area contributed by atoms with Crippen LogP contribution in [0.4, 0.5) is 0 Å². The standard InChI is InChI=1S/C29H38N2O7/c1-18(30-22(27(33)34)13-12-19-10-8-7-9-11-19)26(32)31-17-21-16-25(37-6)24(36-5)15-20(21)14-23(31)28(35)38-29(2,3)4/h7-11,15-16,18,22-23,30H,12-14,17H2,1-6H3,(H,33,34)/t18-,22?,23-/m0/s1. The van der Waals surface area contributed by atoms with Gasteiger partial charge >= 0.3 is 11.9 Å². The first-order valence-corrected chi connectivity index (χ1v) is 12.7. The molecule has 2 aromatic rings. The summed E-state index contributed by atoms with van der Waals surface area (Å²) in [7, 11) is 3.07. The van der Waals surface area contributed by atoms with Gasteiger partial charge in [0, 0.05) is 13.0 Å². The van der Waals surface area contributed by atoms with Crippen LogP contribution in [0.15, 0.2) is 42.5 Å². The fourth-order valence-corrected chi connectivity index (χ4v) is 4.58. The minimum atomic E-state index is -1.04. The van der Waals surface area contributed by atoms with Gasteiger partial charge in [0.2, 0.25) is 5.91 Å². The van der Waals surface area contributed by atoms with Crippen LogP contribution < -0.4 is 14.8 Å². The number of benzene rings is 2. The number of aliphatic carboxylic acids is 1. The van der Waals surface area contributed by atoms with E-state index >= 15 is 0 Å². The number of fused-ring (bicyclic) bond motifs is 1. The molecule has 1 unspecified atom stereocenters. The summed E-state index contributed by atoms with van der Waals surface area (Å²) in [6.45, 7) is 7.09. The SMILES string of the molecule is COc1cc2c(cc1OC)CN(C(=O)[C@H](C)NC(CCc1ccccc1)C(=O)O)[C@H](C(=O)OC(C)(C)C)C2. The van der Waals surface area contributed by atoms with Crippen molar-refractivity contribution in [1.29, 1.82) is 0 Å². The van der Waals surface area contributed by atoms with Crippen LogP contribution in [0, 0.1) is 0 Å². The highest BCUT2D eigenvalue weighted by molar-refractivity contribution is 5.89. The van der Waals surface area contributed by atoms with E-state index < -0.39 is 35.7 Å². The van der Waals surface area contributed by atoms with Crippen LogP contribution in [0.2, 0.25) is 0 Å². The summed E-state index contributed by atoms with van der Waals surface area (Å²) < 4.78 is 16.5. The van der Waals surface area contributed by atoms with Crippen molar-refractivity contribution in [3.05, 3.63) is 59.2 Å². The average molecular weight is 527 g/mol. The van der Waals surface area contributed by atoms with E-state index in [0.717, 1.165) is 16.7 Å². The van der Waals surface area contributed by atoms with Crippen LogP contribution in [-0.2, 0) is 38.5 Å². The first-order chi connectivity index (χ1) is 17.9. The Morgan fingerprint density at radius 2 is 1.66 bits per heavy atom. The summed E-state index contributed by atoms with van der Waals surface area (Å²) in [5, 5.41) is 12.8. The molecule has 1 aliphatic rings. The minimum absolute atomic E-state index is 0.145. The van der Waals surface area contributed by atoms with Gasteiger partial charge in [-0.15, -0.1) is 0 Å². The fourth-order valence-electron chi connectivity index (χ4n) is 4.58. The molecule has 2 aromatic carbocycles. The normalized spacial score (nSPS) is 16.7. The highest BCUT2D eigenvalue weighted by atomic mass is 16.6. The lowest BCUT2D eigenvalue weighted by Crippen LogP contribution is -2.57. The molecule has 2 N–H and O–H groups in total. The van der Waals surface area contributed by atoms with Gasteiger partial charge in [-0.25, -0.2) is 4.79 Å². The maximum absolute atomic E-state index is 13.7. The molecule has 0 bridgehead atoms. The molecule has 9 nitrogen and oxygen atoms in total. The highest BCUT2D eigenvalue weighted by Gasteiger charge is 2.40. The molecular formula is C29H38N2O7. The number of ether oxygens (including phenoxy) is 3. The summed E-state index contributed by atoms with van der Waals surface area (Å²) in [5.41, 5.74) is 1.96. The van der Waals surface area contributed by atoms with Crippen molar-refractivity contribution in [3.8, 4) is 11.5 Å². The van der Waals surface area contributed by atoms with E-state index in [9.17, 15) is 19.5 Å². The van der Waals surface area contributed by atoms with Crippen molar-refractivity contribution in [2.24, 2.45) is 0 Å². The number of methoxy groups -OCH3 is 2. The molecule has 1 heterocycles. The Bertz CT molecular complexity index is 1140. The zero-order valence-corrected chi connectivity index (χ0v) is 22.9. The summed E-state index contributed by atoms with van der Waals surface area (Å²) in [5.74, 6) is -0.881. The molecule has 1 aliphatic heterocycles. The van der Waals surface area contributed by atoms with Crippen LogP contribution in [0.3, 0.4) is 0 Å². The molecule has 0 radical (unpaired) electrons. The molecule has 3 rings (SSSR count). The quantitative estimate of drug-likeness (QED) is 0.453. The van der Waals surface area contributed by atoms with Crippen LogP contribution in [0.5, 0.6) is 11.5 Å². The van der Waals surface area contributed by atoms with Gasteiger partial charge in [-0.1, -0.05) is 30.3 Å². The minimum Gasteiger partial charge on any atom is -0.493 e. The number of carboxylic acids is 1. The van der Waals surface area contributed by atoms with Gasteiger partial charge in [0.25, 0.3) is 0 Å². The Kier molecular flexibility index (Phi) is 9.38. The summed E-state index contributed by atoms with van der Waals surface area (Å²) >= 11 is 0. The number of rotatable bonds is 10. The van der Waals surface area contributed by atoms with Gasteiger partial charge < -0.3 is 24.2 Å². The molecule has 0 aliphatic carbocycles. The predicted octanol–water partition coefficient (Wildman–Crippen LogP) is 3.36. The van der Waals surface area contributed by atoms with Crippen molar-refractivity contribution in [2.75, 3.05) is 14.2 Å². The Hall–Kier alpha value is -3.59. The number of amides is 1. The number of nitrogens with one attached hydrogen (secondary N) is 1. The smallest absolute Gasteiger partial charge is 0.329 e. The Morgan fingerprint density at radius 3 is 2.21 bits per heavy atom. The van der Waals surface area contributed by atoms with Gasteiger partial charge in [0.1, 0.15) is 17.7 Å². The number of carbonyl (C=O) groups is 3. The third kappa shape index (κ3) is 7.25. The van der Waals surface area contributed by atoms with Crippen LogP contribution in [0.25, 0.3) is 0 Å². The van der Waals surface area contributed by atoms with E-state index in [2.05, 4.69) is 5.32 Å². The van der Waals surface area contributed by atoms with Gasteiger partial charge in [0.05, 0.1) is 20.3 Å². The van der Waals surface area contributed by atoms with Crippen LogP contribution in [0.1, 0.15) is 50.8 Å². The van der Waals surface area contributed by atoms with Crippen molar-refractivity contribution in [3.63, 3.8) is 0 Å².